The SMILES string of the molecule is [CH2][CH]CCC(S)S. The van der Waals surface area contributed by atoms with Crippen LogP contribution in [0.1, 0.15) is 12.8 Å². The molecule has 0 aromatic rings. The predicted molar refractivity (Wildman–Crippen MR) is 40.7 cm³/mol. The lowest BCUT2D eigenvalue weighted by molar-refractivity contribution is 0.911. The van der Waals surface area contributed by atoms with Crippen molar-refractivity contribution in [3.05, 3.63) is 13.3 Å². The second-order valence-electron chi connectivity index (χ2n) is 1.35. The van der Waals surface area contributed by atoms with Gasteiger partial charge >= 0.3 is 0 Å². The van der Waals surface area contributed by atoms with E-state index < -0.39 is 0 Å². The van der Waals surface area contributed by atoms with Crippen molar-refractivity contribution < 1.29 is 0 Å². The maximum Gasteiger partial charge on any atom is 0.0442 e. The number of unbranched alkanes of at least 4 members (excludes halogenated alkanes) is 1. The van der Waals surface area contributed by atoms with Gasteiger partial charge in [-0.1, -0.05) is 0 Å². The topological polar surface area (TPSA) is 0 Å². The fraction of sp³-hybridized carbons (Fsp3) is 0.600. The van der Waals surface area contributed by atoms with Crippen molar-refractivity contribution in [1.82, 2.24) is 0 Å². The molecule has 0 nitrogen and oxygen atoms in total. The van der Waals surface area contributed by atoms with Crippen LogP contribution >= 0.6 is 25.3 Å². The quantitative estimate of drug-likeness (QED) is 0.428. The molecule has 0 saturated heterocycles. The normalized spacial score (nSPS) is 10.3. The van der Waals surface area contributed by atoms with Gasteiger partial charge in [0, 0.05) is 4.58 Å². The van der Waals surface area contributed by atoms with Crippen LogP contribution in [0, 0.1) is 13.3 Å². The molecular formula is C5H10S2. The summed E-state index contributed by atoms with van der Waals surface area (Å²) >= 11 is 8.10. The third-order valence-electron chi connectivity index (χ3n) is 0.629. The molecule has 0 fully saturated rings. The smallest absolute Gasteiger partial charge is 0.0442 e. The fourth-order valence-corrected chi connectivity index (χ4v) is 0.565. The van der Waals surface area contributed by atoms with E-state index in [-0.39, 0.29) is 4.58 Å². The van der Waals surface area contributed by atoms with Crippen molar-refractivity contribution >= 4 is 25.3 Å². The van der Waals surface area contributed by atoms with E-state index in [0.717, 1.165) is 12.8 Å². The fourth-order valence-electron chi connectivity index (χ4n) is 0.267. The summed E-state index contributed by atoms with van der Waals surface area (Å²) in [7, 11) is 0. The van der Waals surface area contributed by atoms with E-state index in [4.69, 9.17) is 0 Å². The molecule has 0 unspecified atom stereocenters. The molecule has 0 aromatic heterocycles. The number of hydrogen-bond donors (Lipinski definition) is 2. The minimum atomic E-state index is 0.220. The minimum Gasteiger partial charge on any atom is -0.165 e. The predicted octanol–water partition coefficient (Wildman–Crippen LogP) is 1.99. The van der Waals surface area contributed by atoms with Crippen molar-refractivity contribution in [2.24, 2.45) is 0 Å². The molecule has 0 saturated carbocycles. The van der Waals surface area contributed by atoms with E-state index in [2.05, 4.69) is 32.2 Å². The van der Waals surface area contributed by atoms with Gasteiger partial charge in [0.2, 0.25) is 0 Å². The third kappa shape index (κ3) is 6.70. The lowest BCUT2D eigenvalue weighted by Gasteiger charge is -1.97. The summed E-state index contributed by atoms with van der Waals surface area (Å²) in [5.74, 6) is 0. The van der Waals surface area contributed by atoms with Crippen LogP contribution in [-0.4, -0.2) is 4.58 Å². The molecular weight excluding hydrogens is 124 g/mol. The van der Waals surface area contributed by atoms with Gasteiger partial charge in [0.15, 0.2) is 0 Å². The molecule has 0 atom stereocenters. The van der Waals surface area contributed by atoms with Crippen molar-refractivity contribution in [2.45, 2.75) is 17.4 Å². The first kappa shape index (κ1) is 7.70. The van der Waals surface area contributed by atoms with Crippen LogP contribution in [0.15, 0.2) is 0 Å². The average molecular weight is 134 g/mol. The lowest BCUT2D eigenvalue weighted by atomic mass is 10.3. The Morgan fingerprint density at radius 1 is 1.57 bits per heavy atom. The highest BCUT2D eigenvalue weighted by Gasteiger charge is 1.90. The number of rotatable bonds is 3. The van der Waals surface area contributed by atoms with Gasteiger partial charge in [0.1, 0.15) is 0 Å². The molecule has 0 aromatic carbocycles. The van der Waals surface area contributed by atoms with Crippen LogP contribution in [0.3, 0.4) is 0 Å². The Balaban J connectivity index is 2.68. The average Bonchev–Trinajstić information content (AvgIpc) is 1.61. The van der Waals surface area contributed by atoms with Crippen LogP contribution in [-0.2, 0) is 0 Å². The van der Waals surface area contributed by atoms with Crippen LogP contribution in [0.5, 0.6) is 0 Å². The highest BCUT2D eigenvalue weighted by Crippen LogP contribution is 2.08. The van der Waals surface area contributed by atoms with E-state index >= 15 is 0 Å². The molecule has 0 aliphatic rings. The van der Waals surface area contributed by atoms with Crippen molar-refractivity contribution in [3.63, 3.8) is 0 Å². The Morgan fingerprint density at radius 2 is 2.14 bits per heavy atom. The van der Waals surface area contributed by atoms with Gasteiger partial charge in [-0.05, 0) is 26.2 Å². The summed E-state index contributed by atoms with van der Waals surface area (Å²) in [5.41, 5.74) is 0. The molecule has 0 heterocycles. The van der Waals surface area contributed by atoms with Crippen molar-refractivity contribution in [3.8, 4) is 0 Å². The summed E-state index contributed by atoms with van der Waals surface area (Å²) in [6, 6.07) is 0. The third-order valence-corrected chi connectivity index (χ3v) is 1.15. The first-order valence-corrected chi connectivity index (χ1v) is 3.27. The van der Waals surface area contributed by atoms with Crippen LogP contribution in [0.25, 0.3) is 0 Å². The zero-order chi connectivity index (χ0) is 5.70. The minimum absolute atomic E-state index is 0.220. The van der Waals surface area contributed by atoms with Gasteiger partial charge in [0.25, 0.3) is 0 Å². The molecule has 0 spiro atoms. The summed E-state index contributed by atoms with van der Waals surface area (Å²) in [6.45, 7) is 3.56. The van der Waals surface area contributed by atoms with Gasteiger partial charge in [-0.25, -0.2) is 0 Å². The lowest BCUT2D eigenvalue weighted by Crippen LogP contribution is -1.84. The molecule has 0 aliphatic carbocycles. The van der Waals surface area contributed by atoms with Gasteiger partial charge in [0.05, 0.1) is 0 Å². The van der Waals surface area contributed by atoms with E-state index in [0.29, 0.717) is 0 Å². The standard InChI is InChI=1S/C5H10S2/c1-2-3-4-5(6)7/h2,5-7H,1,3-4H2. The second kappa shape index (κ2) is 4.85. The maximum atomic E-state index is 4.05. The van der Waals surface area contributed by atoms with Gasteiger partial charge in [-0.3, -0.25) is 0 Å². The van der Waals surface area contributed by atoms with Gasteiger partial charge in [-0.2, -0.15) is 25.3 Å². The molecule has 2 radical (unpaired) electrons. The van der Waals surface area contributed by atoms with Gasteiger partial charge < -0.3 is 0 Å². The Morgan fingerprint density at radius 3 is 2.29 bits per heavy atom. The molecule has 7 heavy (non-hydrogen) atoms. The summed E-state index contributed by atoms with van der Waals surface area (Å²) in [6.07, 6.45) is 3.90. The Kier molecular flexibility index (Phi) is 5.33. The van der Waals surface area contributed by atoms with E-state index in [1.807, 2.05) is 6.42 Å². The maximum absolute atomic E-state index is 4.05. The first-order valence-electron chi connectivity index (χ1n) is 2.24. The summed E-state index contributed by atoms with van der Waals surface area (Å²) in [5, 5.41) is 0. The van der Waals surface area contributed by atoms with Crippen molar-refractivity contribution in [2.75, 3.05) is 0 Å². The number of hydrogen-bond acceptors (Lipinski definition) is 2. The summed E-state index contributed by atoms with van der Waals surface area (Å²) in [4.78, 5) is 0. The first-order chi connectivity index (χ1) is 3.27. The Bertz CT molecular complexity index is 35.1. The monoisotopic (exact) mass is 134 g/mol. The van der Waals surface area contributed by atoms with Crippen LogP contribution < -0.4 is 0 Å². The highest BCUT2D eigenvalue weighted by atomic mass is 32.2. The van der Waals surface area contributed by atoms with Crippen LogP contribution in [0.4, 0.5) is 0 Å². The Hall–Kier alpha value is 0.700. The molecule has 2 heteroatoms. The van der Waals surface area contributed by atoms with Gasteiger partial charge in [-0.15, -0.1) is 0 Å². The van der Waals surface area contributed by atoms with Crippen molar-refractivity contribution in [1.29, 1.82) is 0 Å². The largest absolute Gasteiger partial charge is 0.165 e. The van der Waals surface area contributed by atoms with E-state index in [1.54, 1.807) is 0 Å². The van der Waals surface area contributed by atoms with E-state index in [9.17, 15) is 0 Å². The van der Waals surface area contributed by atoms with Crippen LogP contribution in [0.2, 0.25) is 0 Å². The molecule has 42 valence electrons. The molecule has 0 rings (SSSR count). The highest BCUT2D eigenvalue weighted by molar-refractivity contribution is 7.99. The molecule has 0 amide bonds. The summed E-state index contributed by atoms with van der Waals surface area (Å²) < 4.78 is 0.220. The zero-order valence-corrected chi connectivity index (χ0v) is 5.96. The Labute approximate surface area is 56.5 Å². The van der Waals surface area contributed by atoms with E-state index in [1.165, 1.54) is 0 Å². The molecule has 0 aliphatic heterocycles. The molecule has 0 N–H and O–H groups in total. The second-order valence-corrected chi connectivity index (χ2v) is 3.00. The molecule has 0 bridgehead atoms. The zero-order valence-electron chi connectivity index (χ0n) is 4.17. The number of thiol groups is 2.